The minimum Gasteiger partial charge on any atom is -0.508 e. The topological polar surface area (TPSA) is 50.7 Å². The third-order valence-corrected chi connectivity index (χ3v) is 2.50. The Labute approximate surface area is 91.8 Å². The Bertz CT molecular complexity index is 611. The van der Waals surface area contributed by atoms with Gasteiger partial charge in [0.1, 0.15) is 17.3 Å². The molecular formula is C12H10N2O2. The van der Waals surface area contributed by atoms with Gasteiger partial charge in [-0.2, -0.15) is 0 Å². The van der Waals surface area contributed by atoms with Gasteiger partial charge in [-0.1, -0.05) is 0 Å². The van der Waals surface area contributed by atoms with Gasteiger partial charge in [0, 0.05) is 12.3 Å². The molecule has 0 bridgehead atoms. The van der Waals surface area contributed by atoms with Crippen LogP contribution in [0, 0.1) is 0 Å². The molecular weight excluding hydrogens is 204 g/mol. The number of nitrogens with zero attached hydrogens (tertiary/aromatic N) is 2. The van der Waals surface area contributed by atoms with Gasteiger partial charge in [-0.15, -0.1) is 0 Å². The summed E-state index contributed by atoms with van der Waals surface area (Å²) >= 11 is 0. The summed E-state index contributed by atoms with van der Waals surface area (Å²) in [5.41, 5.74) is 0.876. The van der Waals surface area contributed by atoms with Crippen LogP contribution in [0.4, 0.5) is 0 Å². The Morgan fingerprint density at radius 3 is 3.12 bits per heavy atom. The number of pyridine rings is 1. The lowest BCUT2D eigenvalue weighted by atomic mass is 10.3. The smallest absolute Gasteiger partial charge is 0.120 e. The number of hydrogen-bond donors (Lipinski definition) is 1. The summed E-state index contributed by atoms with van der Waals surface area (Å²) in [5, 5.41) is 9.34. The van der Waals surface area contributed by atoms with E-state index in [1.54, 1.807) is 30.8 Å². The van der Waals surface area contributed by atoms with Crippen molar-refractivity contribution in [1.29, 1.82) is 0 Å². The fraction of sp³-hybridized carbons (Fsp3) is 0.0833. The van der Waals surface area contributed by atoms with E-state index < -0.39 is 0 Å². The Balaban J connectivity index is 2.04. The van der Waals surface area contributed by atoms with Gasteiger partial charge < -0.3 is 13.9 Å². The van der Waals surface area contributed by atoms with Crippen molar-refractivity contribution in [3.8, 4) is 5.75 Å². The highest BCUT2D eigenvalue weighted by atomic mass is 16.3. The minimum absolute atomic E-state index is 0.247. The monoisotopic (exact) mass is 214 g/mol. The van der Waals surface area contributed by atoms with E-state index in [2.05, 4.69) is 4.98 Å². The van der Waals surface area contributed by atoms with Crippen LogP contribution in [0.1, 0.15) is 11.6 Å². The van der Waals surface area contributed by atoms with E-state index in [-0.39, 0.29) is 5.75 Å². The van der Waals surface area contributed by atoms with Gasteiger partial charge in [0.05, 0.1) is 24.4 Å². The van der Waals surface area contributed by atoms with Crippen LogP contribution in [0.15, 0.2) is 47.3 Å². The zero-order valence-electron chi connectivity index (χ0n) is 8.50. The van der Waals surface area contributed by atoms with Crippen molar-refractivity contribution >= 4 is 5.52 Å². The molecule has 0 atom stereocenters. The van der Waals surface area contributed by atoms with E-state index >= 15 is 0 Å². The highest BCUT2D eigenvalue weighted by molar-refractivity contribution is 5.50. The zero-order valence-corrected chi connectivity index (χ0v) is 8.50. The number of furan rings is 1. The molecule has 0 amide bonds. The minimum atomic E-state index is 0.247. The standard InChI is InChI=1S/C12H10N2O2/c15-10-3-4-14-9(6-10)8-13-12(14)7-11-2-1-5-16-11/h1-6,8,15H,7H2. The van der Waals surface area contributed by atoms with Crippen LogP contribution in [-0.4, -0.2) is 14.5 Å². The molecule has 1 N–H and O–H groups in total. The number of rotatable bonds is 2. The maximum atomic E-state index is 9.34. The van der Waals surface area contributed by atoms with Gasteiger partial charge in [-0.25, -0.2) is 4.98 Å². The van der Waals surface area contributed by atoms with Gasteiger partial charge in [0.2, 0.25) is 0 Å². The molecule has 0 unspecified atom stereocenters. The predicted octanol–water partition coefficient (Wildman–Crippen LogP) is 2.22. The lowest BCUT2D eigenvalue weighted by molar-refractivity contribution is 0.475. The van der Waals surface area contributed by atoms with Crippen LogP contribution in [0.3, 0.4) is 0 Å². The maximum absolute atomic E-state index is 9.34. The van der Waals surface area contributed by atoms with E-state index in [1.165, 1.54) is 0 Å². The molecule has 3 aromatic rings. The van der Waals surface area contributed by atoms with Crippen molar-refractivity contribution in [3.05, 3.63) is 54.5 Å². The van der Waals surface area contributed by atoms with E-state index in [0.29, 0.717) is 6.42 Å². The molecule has 0 saturated carbocycles. The van der Waals surface area contributed by atoms with Crippen molar-refractivity contribution < 1.29 is 9.52 Å². The summed E-state index contributed by atoms with van der Waals surface area (Å²) in [4.78, 5) is 4.30. The van der Waals surface area contributed by atoms with Crippen LogP contribution < -0.4 is 0 Å². The van der Waals surface area contributed by atoms with Crippen LogP contribution in [0.2, 0.25) is 0 Å². The lowest BCUT2D eigenvalue weighted by Crippen LogP contribution is -1.94. The molecule has 3 aromatic heterocycles. The Morgan fingerprint density at radius 2 is 2.31 bits per heavy atom. The van der Waals surface area contributed by atoms with Crippen LogP contribution in [0.5, 0.6) is 5.75 Å². The van der Waals surface area contributed by atoms with E-state index in [9.17, 15) is 5.11 Å². The Kier molecular flexibility index (Phi) is 1.93. The van der Waals surface area contributed by atoms with E-state index in [4.69, 9.17) is 4.42 Å². The summed E-state index contributed by atoms with van der Waals surface area (Å²) in [5.74, 6) is 2.02. The molecule has 0 spiro atoms. The largest absolute Gasteiger partial charge is 0.508 e. The fourth-order valence-electron chi connectivity index (χ4n) is 1.74. The van der Waals surface area contributed by atoms with Gasteiger partial charge in [0.15, 0.2) is 0 Å². The van der Waals surface area contributed by atoms with Crippen LogP contribution >= 0.6 is 0 Å². The highest BCUT2D eigenvalue weighted by Gasteiger charge is 2.06. The first-order valence-electron chi connectivity index (χ1n) is 5.00. The zero-order chi connectivity index (χ0) is 11.0. The number of aromatic nitrogens is 2. The Hall–Kier alpha value is -2.23. The summed E-state index contributed by atoms with van der Waals surface area (Å²) in [6, 6.07) is 7.09. The second kappa shape index (κ2) is 3.41. The molecule has 3 rings (SSSR count). The summed E-state index contributed by atoms with van der Waals surface area (Å²) in [6.07, 6.45) is 5.83. The second-order valence-electron chi connectivity index (χ2n) is 3.61. The fourth-order valence-corrected chi connectivity index (χ4v) is 1.74. The molecule has 0 fully saturated rings. The quantitative estimate of drug-likeness (QED) is 0.711. The third-order valence-electron chi connectivity index (χ3n) is 2.50. The van der Waals surface area contributed by atoms with Crippen molar-refractivity contribution in [2.45, 2.75) is 6.42 Å². The van der Waals surface area contributed by atoms with E-state index in [1.807, 2.05) is 16.5 Å². The molecule has 3 heterocycles. The first-order valence-corrected chi connectivity index (χ1v) is 5.00. The summed E-state index contributed by atoms with van der Waals surface area (Å²) in [6.45, 7) is 0. The average Bonchev–Trinajstić information content (AvgIpc) is 2.89. The van der Waals surface area contributed by atoms with Gasteiger partial charge in [-0.05, 0) is 18.2 Å². The number of fused-ring (bicyclic) bond motifs is 1. The number of aromatic hydroxyl groups is 1. The molecule has 0 aromatic carbocycles. The average molecular weight is 214 g/mol. The number of imidazole rings is 1. The van der Waals surface area contributed by atoms with Crippen molar-refractivity contribution in [2.75, 3.05) is 0 Å². The van der Waals surface area contributed by atoms with Gasteiger partial charge in [-0.3, -0.25) is 0 Å². The normalized spacial score (nSPS) is 11.0. The third kappa shape index (κ3) is 1.44. The molecule has 4 heteroatoms. The summed E-state index contributed by atoms with van der Waals surface area (Å²) in [7, 11) is 0. The molecule has 0 aliphatic carbocycles. The van der Waals surface area contributed by atoms with Crippen molar-refractivity contribution in [2.24, 2.45) is 0 Å². The molecule has 0 aliphatic rings. The number of hydrogen-bond acceptors (Lipinski definition) is 3. The summed E-state index contributed by atoms with van der Waals surface area (Å²) < 4.78 is 7.21. The lowest BCUT2D eigenvalue weighted by Gasteiger charge is -1.99. The molecule has 0 aliphatic heterocycles. The first kappa shape index (κ1) is 9.03. The van der Waals surface area contributed by atoms with Gasteiger partial charge >= 0.3 is 0 Å². The van der Waals surface area contributed by atoms with Gasteiger partial charge in [0.25, 0.3) is 0 Å². The molecule has 80 valence electrons. The highest BCUT2D eigenvalue weighted by Crippen LogP contribution is 2.16. The van der Waals surface area contributed by atoms with Crippen molar-refractivity contribution in [1.82, 2.24) is 9.38 Å². The molecule has 0 radical (unpaired) electrons. The van der Waals surface area contributed by atoms with Crippen LogP contribution in [-0.2, 0) is 6.42 Å². The Morgan fingerprint density at radius 1 is 1.38 bits per heavy atom. The second-order valence-corrected chi connectivity index (χ2v) is 3.61. The predicted molar refractivity (Wildman–Crippen MR) is 58.4 cm³/mol. The first-order chi connectivity index (χ1) is 7.83. The molecule has 16 heavy (non-hydrogen) atoms. The molecule has 0 saturated heterocycles. The van der Waals surface area contributed by atoms with Crippen LogP contribution in [0.25, 0.3) is 5.52 Å². The van der Waals surface area contributed by atoms with Crippen molar-refractivity contribution in [3.63, 3.8) is 0 Å². The van der Waals surface area contributed by atoms with E-state index in [0.717, 1.165) is 17.1 Å². The maximum Gasteiger partial charge on any atom is 0.120 e. The SMILES string of the molecule is Oc1ccn2c(Cc3ccco3)ncc2c1. The molecule has 4 nitrogen and oxygen atoms in total.